The first kappa shape index (κ1) is 14.8. The van der Waals surface area contributed by atoms with Gasteiger partial charge in [-0.15, -0.1) is 0 Å². The Morgan fingerprint density at radius 1 is 1.48 bits per heavy atom. The Hall–Kier alpha value is -2.58. The van der Waals surface area contributed by atoms with Crippen LogP contribution in [0.3, 0.4) is 0 Å². The summed E-state index contributed by atoms with van der Waals surface area (Å²) in [6, 6.07) is 7.61. The van der Waals surface area contributed by atoms with Crippen LogP contribution in [0.15, 0.2) is 36.7 Å². The van der Waals surface area contributed by atoms with Crippen molar-refractivity contribution in [3.63, 3.8) is 0 Å². The Kier molecular flexibility index (Phi) is 4.75. The molecule has 0 bridgehead atoms. The lowest BCUT2D eigenvalue weighted by atomic mass is 10.1. The second-order valence-corrected chi connectivity index (χ2v) is 4.72. The van der Waals surface area contributed by atoms with Crippen LogP contribution in [0.1, 0.15) is 21.5 Å². The maximum absolute atomic E-state index is 12.2. The molecule has 2 aromatic rings. The molecule has 0 spiro atoms. The van der Waals surface area contributed by atoms with Gasteiger partial charge in [0.25, 0.3) is 5.91 Å². The van der Waals surface area contributed by atoms with Crippen LogP contribution in [-0.4, -0.2) is 39.3 Å². The van der Waals surface area contributed by atoms with Gasteiger partial charge in [-0.2, -0.15) is 5.10 Å². The van der Waals surface area contributed by atoms with Gasteiger partial charge in [-0.3, -0.25) is 9.48 Å². The summed E-state index contributed by atoms with van der Waals surface area (Å²) < 4.78 is 1.60. The molecule has 0 aliphatic rings. The molecular weight excluding hydrogens is 266 g/mol. The Morgan fingerprint density at radius 2 is 2.29 bits per heavy atom. The number of aliphatic hydroxyl groups excluding tert-OH is 1. The molecule has 5 heteroatoms. The van der Waals surface area contributed by atoms with Crippen LogP contribution in [-0.2, 0) is 13.6 Å². The summed E-state index contributed by atoms with van der Waals surface area (Å²) in [5, 5.41) is 12.7. The average Bonchev–Trinajstić information content (AvgIpc) is 2.91. The van der Waals surface area contributed by atoms with Gasteiger partial charge in [0.2, 0.25) is 0 Å². The lowest BCUT2D eigenvalue weighted by Gasteiger charge is -2.16. The third-order valence-corrected chi connectivity index (χ3v) is 2.96. The van der Waals surface area contributed by atoms with Crippen LogP contribution in [0.4, 0.5) is 0 Å². The molecule has 108 valence electrons. The van der Waals surface area contributed by atoms with E-state index in [0.29, 0.717) is 12.1 Å². The molecule has 1 amide bonds. The summed E-state index contributed by atoms with van der Waals surface area (Å²) in [6.45, 7) is 0.325. The standard InChI is InChI=1S/C16H17N3O2/c1-18(16(21)15-10-17-19(2)12-15)11-14-6-3-5-13(9-14)7-4-8-20/h3,5-6,9-10,12,20H,8,11H2,1-2H3. The molecule has 1 aromatic carbocycles. The minimum atomic E-state index is -0.163. The van der Waals surface area contributed by atoms with Gasteiger partial charge in [0.1, 0.15) is 6.61 Å². The molecule has 0 aliphatic carbocycles. The zero-order valence-corrected chi connectivity index (χ0v) is 12.1. The van der Waals surface area contributed by atoms with Crippen molar-refractivity contribution in [1.82, 2.24) is 14.7 Å². The van der Waals surface area contributed by atoms with Gasteiger partial charge in [-0.1, -0.05) is 24.0 Å². The molecule has 0 unspecified atom stereocenters. The number of carbonyl (C=O) groups excluding carboxylic acids is 1. The quantitative estimate of drug-likeness (QED) is 0.856. The molecule has 1 heterocycles. The summed E-state index contributed by atoms with van der Waals surface area (Å²) in [6.07, 6.45) is 3.25. The highest BCUT2D eigenvalue weighted by Gasteiger charge is 2.13. The zero-order chi connectivity index (χ0) is 15.2. The zero-order valence-electron chi connectivity index (χ0n) is 12.1. The number of carbonyl (C=O) groups is 1. The first-order chi connectivity index (χ1) is 10.1. The lowest BCUT2D eigenvalue weighted by Crippen LogP contribution is -2.25. The van der Waals surface area contributed by atoms with Crippen molar-refractivity contribution in [3.8, 4) is 11.8 Å². The second kappa shape index (κ2) is 6.73. The third-order valence-electron chi connectivity index (χ3n) is 2.96. The largest absolute Gasteiger partial charge is 0.384 e. The predicted molar refractivity (Wildman–Crippen MR) is 79.4 cm³/mol. The molecule has 21 heavy (non-hydrogen) atoms. The number of aromatic nitrogens is 2. The molecule has 0 atom stereocenters. The highest BCUT2D eigenvalue weighted by molar-refractivity contribution is 5.93. The Bertz CT molecular complexity index is 695. The van der Waals surface area contributed by atoms with E-state index in [1.54, 1.807) is 36.1 Å². The molecule has 0 radical (unpaired) electrons. The smallest absolute Gasteiger partial charge is 0.257 e. The number of hydrogen-bond donors (Lipinski definition) is 1. The minimum absolute atomic E-state index is 0.0741. The van der Waals surface area contributed by atoms with E-state index < -0.39 is 0 Å². The van der Waals surface area contributed by atoms with Crippen molar-refractivity contribution in [2.45, 2.75) is 6.54 Å². The van der Waals surface area contributed by atoms with Crippen LogP contribution >= 0.6 is 0 Å². The monoisotopic (exact) mass is 283 g/mol. The fraction of sp³-hybridized carbons (Fsp3) is 0.250. The number of hydrogen-bond acceptors (Lipinski definition) is 3. The molecule has 0 fully saturated rings. The van der Waals surface area contributed by atoms with Gasteiger partial charge < -0.3 is 10.0 Å². The lowest BCUT2D eigenvalue weighted by molar-refractivity contribution is 0.0785. The number of amides is 1. The van der Waals surface area contributed by atoms with Crippen LogP contribution in [0.2, 0.25) is 0 Å². The maximum Gasteiger partial charge on any atom is 0.257 e. The third kappa shape index (κ3) is 3.94. The van der Waals surface area contributed by atoms with Crippen molar-refractivity contribution in [2.75, 3.05) is 13.7 Å². The first-order valence-corrected chi connectivity index (χ1v) is 6.53. The summed E-state index contributed by atoms with van der Waals surface area (Å²) in [5.41, 5.74) is 2.37. The van der Waals surface area contributed by atoms with Gasteiger partial charge in [-0.25, -0.2) is 0 Å². The summed E-state index contributed by atoms with van der Waals surface area (Å²) in [4.78, 5) is 13.9. The predicted octanol–water partition coefficient (Wildman–Crippen LogP) is 1.04. The molecule has 2 rings (SSSR count). The molecule has 1 N–H and O–H groups in total. The van der Waals surface area contributed by atoms with E-state index in [1.807, 2.05) is 24.3 Å². The number of aliphatic hydroxyl groups is 1. The van der Waals surface area contributed by atoms with E-state index in [0.717, 1.165) is 11.1 Å². The van der Waals surface area contributed by atoms with Crippen LogP contribution in [0.25, 0.3) is 0 Å². The van der Waals surface area contributed by atoms with E-state index in [-0.39, 0.29) is 12.5 Å². The van der Waals surface area contributed by atoms with Crippen LogP contribution in [0, 0.1) is 11.8 Å². The van der Waals surface area contributed by atoms with Crippen LogP contribution in [0.5, 0.6) is 0 Å². The van der Waals surface area contributed by atoms with Crippen LogP contribution < -0.4 is 0 Å². The van der Waals surface area contributed by atoms with Crippen molar-refractivity contribution in [3.05, 3.63) is 53.3 Å². The van der Waals surface area contributed by atoms with Gasteiger partial charge in [0, 0.05) is 32.4 Å². The fourth-order valence-electron chi connectivity index (χ4n) is 1.99. The average molecular weight is 283 g/mol. The van der Waals surface area contributed by atoms with Gasteiger partial charge >= 0.3 is 0 Å². The number of aryl methyl sites for hydroxylation is 1. The SMILES string of the molecule is CN(Cc1cccc(C#CCO)c1)C(=O)c1cnn(C)c1. The highest BCUT2D eigenvalue weighted by Crippen LogP contribution is 2.09. The van der Waals surface area contributed by atoms with E-state index in [2.05, 4.69) is 16.9 Å². The van der Waals surface area contributed by atoms with Crippen molar-refractivity contribution < 1.29 is 9.90 Å². The number of benzene rings is 1. The molecular formula is C16H17N3O2. The topological polar surface area (TPSA) is 58.4 Å². The van der Waals surface area contributed by atoms with Gasteiger partial charge in [0.15, 0.2) is 0 Å². The van der Waals surface area contributed by atoms with Crippen molar-refractivity contribution in [1.29, 1.82) is 0 Å². The Balaban J connectivity index is 2.08. The molecule has 0 saturated heterocycles. The number of rotatable bonds is 3. The van der Waals surface area contributed by atoms with E-state index >= 15 is 0 Å². The molecule has 0 saturated carbocycles. The number of nitrogens with zero attached hydrogens (tertiary/aromatic N) is 3. The normalized spacial score (nSPS) is 9.86. The Morgan fingerprint density at radius 3 is 2.95 bits per heavy atom. The molecule has 0 aliphatic heterocycles. The van der Waals surface area contributed by atoms with Gasteiger partial charge in [0.05, 0.1) is 11.8 Å². The van der Waals surface area contributed by atoms with Crippen molar-refractivity contribution in [2.24, 2.45) is 7.05 Å². The van der Waals surface area contributed by atoms with Gasteiger partial charge in [-0.05, 0) is 17.7 Å². The second-order valence-electron chi connectivity index (χ2n) is 4.72. The molecule has 5 nitrogen and oxygen atoms in total. The molecule has 1 aromatic heterocycles. The van der Waals surface area contributed by atoms with E-state index in [9.17, 15) is 4.79 Å². The first-order valence-electron chi connectivity index (χ1n) is 6.53. The summed E-state index contributed by atoms with van der Waals surface area (Å²) in [7, 11) is 3.53. The van der Waals surface area contributed by atoms with E-state index in [1.165, 1.54) is 0 Å². The highest BCUT2D eigenvalue weighted by atomic mass is 16.2. The van der Waals surface area contributed by atoms with E-state index in [4.69, 9.17) is 5.11 Å². The summed E-state index contributed by atoms with van der Waals surface area (Å²) in [5.74, 6) is 5.39. The maximum atomic E-state index is 12.2. The summed E-state index contributed by atoms with van der Waals surface area (Å²) >= 11 is 0. The Labute approximate surface area is 123 Å². The fourth-order valence-corrected chi connectivity index (χ4v) is 1.99. The minimum Gasteiger partial charge on any atom is -0.384 e. The van der Waals surface area contributed by atoms with Crippen molar-refractivity contribution >= 4 is 5.91 Å².